The van der Waals surface area contributed by atoms with Gasteiger partial charge in [-0.3, -0.25) is 4.79 Å². The number of unbranched alkanes of at least 4 members (excludes halogenated alkanes) is 6. The molecule has 0 bridgehead atoms. The van der Waals surface area contributed by atoms with E-state index in [1.165, 1.54) is 19.3 Å². The summed E-state index contributed by atoms with van der Waals surface area (Å²) in [5, 5.41) is 8.48. The van der Waals surface area contributed by atoms with E-state index < -0.39 is 5.97 Å². The van der Waals surface area contributed by atoms with Crippen LogP contribution in [0.2, 0.25) is 0 Å². The van der Waals surface area contributed by atoms with Gasteiger partial charge < -0.3 is 5.11 Å². The van der Waals surface area contributed by atoms with Crippen molar-refractivity contribution in [2.24, 2.45) is 0 Å². The Hall–Kier alpha value is -1.05. The minimum Gasteiger partial charge on any atom is -0.481 e. The Morgan fingerprint density at radius 3 is 2.06 bits per heavy atom. The fourth-order valence-corrected chi connectivity index (χ4v) is 1.78. The van der Waals surface area contributed by atoms with Crippen LogP contribution in [0, 0.1) is 0 Å². The van der Waals surface area contributed by atoms with Gasteiger partial charge in [0.15, 0.2) is 0 Å². The molecule has 0 radical (unpaired) electrons. The topological polar surface area (TPSA) is 37.3 Å². The monoisotopic (exact) mass is 252 g/mol. The maximum Gasteiger partial charge on any atom is 0.303 e. The smallest absolute Gasteiger partial charge is 0.303 e. The van der Waals surface area contributed by atoms with Gasteiger partial charge in [-0.05, 0) is 38.5 Å². The van der Waals surface area contributed by atoms with Crippen LogP contribution in [-0.4, -0.2) is 11.1 Å². The predicted molar refractivity (Wildman–Crippen MR) is 77.8 cm³/mol. The summed E-state index contributed by atoms with van der Waals surface area (Å²) in [6.07, 6.45) is 19.4. The SMILES string of the molecule is CCC=CCCC=CCCCCCCCC(=O)O. The first-order valence-corrected chi connectivity index (χ1v) is 7.29. The van der Waals surface area contributed by atoms with Gasteiger partial charge in [-0.2, -0.15) is 0 Å². The van der Waals surface area contributed by atoms with Crippen molar-refractivity contribution in [2.75, 3.05) is 0 Å². The number of hydrogen-bond acceptors (Lipinski definition) is 1. The van der Waals surface area contributed by atoms with E-state index in [-0.39, 0.29) is 0 Å². The molecule has 0 atom stereocenters. The number of carboxylic acids is 1. The van der Waals surface area contributed by atoms with Gasteiger partial charge >= 0.3 is 5.97 Å². The van der Waals surface area contributed by atoms with Crippen LogP contribution in [0.1, 0.15) is 71.1 Å². The minimum absolute atomic E-state index is 0.325. The van der Waals surface area contributed by atoms with Crippen molar-refractivity contribution in [3.63, 3.8) is 0 Å². The summed E-state index contributed by atoms with van der Waals surface area (Å²) in [4.78, 5) is 10.3. The third kappa shape index (κ3) is 14.9. The zero-order valence-corrected chi connectivity index (χ0v) is 11.7. The van der Waals surface area contributed by atoms with Crippen LogP contribution in [-0.2, 0) is 4.79 Å². The molecule has 0 saturated carbocycles. The quantitative estimate of drug-likeness (QED) is 0.387. The van der Waals surface area contributed by atoms with Crippen molar-refractivity contribution in [3.05, 3.63) is 24.3 Å². The molecule has 18 heavy (non-hydrogen) atoms. The molecule has 0 aromatic heterocycles. The molecule has 0 aromatic carbocycles. The van der Waals surface area contributed by atoms with E-state index in [9.17, 15) is 4.79 Å². The van der Waals surface area contributed by atoms with Crippen LogP contribution >= 0.6 is 0 Å². The second-order valence-electron chi connectivity index (χ2n) is 4.63. The van der Waals surface area contributed by atoms with Gasteiger partial charge in [0, 0.05) is 6.42 Å². The number of aliphatic carboxylic acids is 1. The first kappa shape index (κ1) is 16.9. The third-order valence-electron chi connectivity index (χ3n) is 2.83. The molecule has 0 fully saturated rings. The minimum atomic E-state index is -0.671. The molecule has 0 amide bonds. The predicted octanol–water partition coefficient (Wildman–Crippen LogP) is 5.10. The lowest BCUT2D eigenvalue weighted by atomic mass is 10.1. The maximum atomic E-state index is 10.3. The van der Waals surface area contributed by atoms with E-state index in [0.717, 1.165) is 38.5 Å². The second-order valence-corrected chi connectivity index (χ2v) is 4.63. The lowest BCUT2D eigenvalue weighted by Gasteiger charge is -1.98. The molecule has 104 valence electrons. The lowest BCUT2D eigenvalue weighted by molar-refractivity contribution is -0.137. The molecule has 0 aliphatic rings. The Kier molecular flexibility index (Phi) is 13.2. The molecular weight excluding hydrogens is 224 g/mol. The van der Waals surface area contributed by atoms with Crippen molar-refractivity contribution < 1.29 is 9.90 Å². The average Bonchev–Trinajstić information content (AvgIpc) is 2.34. The highest BCUT2D eigenvalue weighted by atomic mass is 16.4. The van der Waals surface area contributed by atoms with Crippen LogP contribution in [0.3, 0.4) is 0 Å². The highest BCUT2D eigenvalue weighted by molar-refractivity contribution is 5.66. The molecule has 0 spiro atoms. The van der Waals surface area contributed by atoms with E-state index >= 15 is 0 Å². The molecule has 0 saturated heterocycles. The molecular formula is C16H28O2. The van der Waals surface area contributed by atoms with E-state index in [2.05, 4.69) is 31.2 Å². The fourth-order valence-electron chi connectivity index (χ4n) is 1.78. The third-order valence-corrected chi connectivity index (χ3v) is 2.83. The Bertz CT molecular complexity index is 241. The van der Waals surface area contributed by atoms with Crippen LogP contribution < -0.4 is 0 Å². The van der Waals surface area contributed by atoms with Crippen molar-refractivity contribution in [2.45, 2.75) is 71.1 Å². The van der Waals surface area contributed by atoms with Gasteiger partial charge in [0.25, 0.3) is 0 Å². The Morgan fingerprint density at radius 1 is 0.833 bits per heavy atom. The van der Waals surface area contributed by atoms with Crippen LogP contribution in [0.25, 0.3) is 0 Å². The standard InChI is InChI=1S/C16H28O2/c1-2-3-4-5-6-7-8-9-10-11-12-13-14-15-16(17)18/h3-4,7-8H,2,5-6,9-15H2,1H3,(H,17,18). The summed E-state index contributed by atoms with van der Waals surface area (Å²) >= 11 is 0. The van der Waals surface area contributed by atoms with E-state index in [1.54, 1.807) is 0 Å². The lowest BCUT2D eigenvalue weighted by Crippen LogP contribution is -1.93. The normalized spacial score (nSPS) is 11.6. The molecule has 2 heteroatoms. The zero-order chi connectivity index (χ0) is 13.5. The zero-order valence-electron chi connectivity index (χ0n) is 11.7. The number of hydrogen-bond donors (Lipinski definition) is 1. The van der Waals surface area contributed by atoms with Crippen molar-refractivity contribution in [1.29, 1.82) is 0 Å². The summed E-state index contributed by atoms with van der Waals surface area (Å²) in [6.45, 7) is 2.16. The van der Waals surface area contributed by atoms with Crippen molar-refractivity contribution in [1.82, 2.24) is 0 Å². The first-order valence-electron chi connectivity index (χ1n) is 7.29. The van der Waals surface area contributed by atoms with Crippen LogP contribution in [0.5, 0.6) is 0 Å². The second kappa shape index (κ2) is 14.0. The van der Waals surface area contributed by atoms with Gasteiger partial charge in [-0.15, -0.1) is 0 Å². The van der Waals surface area contributed by atoms with Gasteiger partial charge in [0.2, 0.25) is 0 Å². The summed E-state index contributed by atoms with van der Waals surface area (Å²) < 4.78 is 0. The van der Waals surface area contributed by atoms with Crippen LogP contribution in [0.4, 0.5) is 0 Å². The first-order chi connectivity index (χ1) is 8.77. The summed E-state index contributed by atoms with van der Waals surface area (Å²) in [7, 11) is 0. The maximum absolute atomic E-state index is 10.3. The molecule has 2 nitrogen and oxygen atoms in total. The van der Waals surface area contributed by atoms with Gasteiger partial charge in [0.1, 0.15) is 0 Å². The van der Waals surface area contributed by atoms with Gasteiger partial charge in [-0.25, -0.2) is 0 Å². The Morgan fingerprint density at radius 2 is 1.39 bits per heavy atom. The number of carbonyl (C=O) groups is 1. The molecule has 0 rings (SSSR count). The number of rotatable bonds is 12. The average molecular weight is 252 g/mol. The van der Waals surface area contributed by atoms with Crippen LogP contribution in [0.15, 0.2) is 24.3 Å². The highest BCUT2D eigenvalue weighted by Crippen LogP contribution is 2.08. The molecule has 0 aromatic rings. The molecule has 0 heterocycles. The van der Waals surface area contributed by atoms with E-state index in [4.69, 9.17) is 5.11 Å². The van der Waals surface area contributed by atoms with Gasteiger partial charge in [-0.1, -0.05) is 50.5 Å². The van der Waals surface area contributed by atoms with E-state index in [0.29, 0.717) is 6.42 Å². The largest absolute Gasteiger partial charge is 0.481 e. The summed E-state index contributed by atoms with van der Waals surface area (Å²) in [6, 6.07) is 0. The summed E-state index contributed by atoms with van der Waals surface area (Å²) in [5.41, 5.74) is 0. The summed E-state index contributed by atoms with van der Waals surface area (Å²) in [5.74, 6) is -0.671. The number of allylic oxidation sites excluding steroid dienone is 4. The Labute approximate surface area is 112 Å². The molecule has 0 aliphatic carbocycles. The molecule has 0 unspecified atom stereocenters. The number of carboxylic acid groups (broad SMARTS) is 1. The highest BCUT2D eigenvalue weighted by Gasteiger charge is 1.95. The van der Waals surface area contributed by atoms with Crippen molar-refractivity contribution in [3.8, 4) is 0 Å². The molecule has 1 N–H and O–H groups in total. The van der Waals surface area contributed by atoms with Gasteiger partial charge in [0.05, 0.1) is 0 Å². The Balaban J connectivity index is 3.12. The fraction of sp³-hybridized carbons (Fsp3) is 0.688. The van der Waals surface area contributed by atoms with E-state index in [1.807, 2.05) is 0 Å². The van der Waals surface area contributed by atoms with Crippen molar-refractivity contribution >= 4 is 5.97 Å². The molecule has 0 aliphatic heterocycles.